The minimum atomic E-state index is -0.606. The highest BCUT2D eigenvalue weighted by Crippen LogP contribution is 2.35. The third-order valence-corrected chi connectivity index (χ3v) is 3.90. The van der Waals surface area contributed by atoms with E-state index in [2.05, 4.69) is 5.32 Å². The van der Waals surface area contributed by atoms with Gasteiger partial charge in [-0.2, -0.15) is 5.26 Å². The standard InChI is InChI=1S/C15H18N2O5/c1-18-14-12(17-8-16)13-11(22-15(14)19-2)7-20-9-5-3-4-6-10(9)21-13/h3-6,11-15,17H,7H2,1-2H3/t11-,12+,13+,14+,15+/m1/s1. The van der Waals surface area contributed by atoms with Crippen molar-refractivity contribution in [1.82, 2.24) is 5.32 Å². The van der Waals surface area contributed by atoms with E-state index in [9.17, 15) is 0 Å². The number of fused-ring (bicyclic) bond motifs is 2. The van der Waals surface area contributed by atoms with Crippen molar-refractivity contribution in [3.05, 3.63) is 24.3 Å². The summed E-state index contributed by atoms with van der Waals surface area (Å²) in [6.07, 6.45) is 0.0692. The molecule has 22 heavy (non-hydrogen) atoms. The highest BCUT2D eigenvalue weighted by molar-refractivity contribution is 5.40. The zero-order chi connectivity index (χ0) is 15.5. The van der Waals surface area contributed by atoms with Crippen molar-refractivity contribution in [2.75, 3.05) is 20.8 Å². The molecule has 0 aromatic heterocycles. The lowest BCUT2D eigenvalue weighted by molar-refractivity contribution is -0.268. The van der Waals surface area contributed by atoms with Gasteiger partial charge < -0.3 is 29.0 Å². The fourth-order valence-corrected chi connectivity index (χ4v) is 2.87. The Morgan fingerprint density at radius 1 is 1.23 bits per heavy atom. The molecule has 1 aromatic carbocycles. The average Bonchev–Trinajstić information content (AvgIpc) is 2.74. The second-order valence-corrected chi connectivity index (χ2v) is 5.10. The van der Waals surface area contributed by atoms with Gasteiger partial charge in [-0.05, 0) is 12.1 Å². The van der Waals surface area contributed by atoms with Gasteiger partial charge in [-0.15, -0.1) is 0 Å². The molecular formula is C15H18N2O5. The molecule has 1 N–H and O–H groups in total. The van der Waals surface area contributed by atoms with E-state index in [-0.39, 0.29) is 6.10 Å². The van der Waals surface area contributed by atoms with E-state index in [4.69, 9.17) is 28.9 Å². The zero-order valence-corrected chi connectivity index (χ0v) is 12.4. The van der Waals surface area contributed by atoms with E-state index >= 15 is 0 Å². The summed E-state index contributed by atoms with van der Waals surface area (Å²) in [6, 6.07) is 6.99. The molecule has 3 rings (SSSR count). The first kappa shape index (κ1) is 14.9. The van der Waals surface area contributed by atoms with Crippen molar-refractivity contribution >= 4 is 0 Å². The van der Waals surface area contributed by atoms with Crippen LogP contribution in [0, 0.1) is 11.5 Å². The lowest BCUT2D eigenvalue weighted by atomic mass is 9.96. The van der Waals surface area contributed by atoms with Gasteiger partial charge in [0.15, 0.2) is 30.1 Å². The molecule has 2 aliphatic rings. The van der Waals surface area contributed by atoms with E-state index in [0.29, 0.717) is 18.1 Å². The molecule has 7 heteroatoms. The third kappa shape index (κ3) is 2.57. The van der Waals surface area contributed by atoms with Gasteiger partial charge in [0.2, 0.25) is 0 Å². The van der Waals surface area contributed by atoms with Crippen LogP contribution in [0.25, 0.3) is 0 Å². The number of methoxy groups -OCH3 is 2. The molecule has 0 amide bonds. The summed E-state index contributed by atoms with van der Waals surface area (Å²) in [7, 11) is 3.08. The summed E-state index contributed by atoms with van der Waals surface area (Å²) in [5.74, 6) is 1.27. The van der Waals surface area contributed by atoms with Crippen LogP contribution in [0.1, 0.15) is 0 Å². The van der Waals surface area contributed by atoms with E-state index in [1.807, 2.05) is 30.5 Å². The van der Waals surface area contributed by atoms with Crippen LogP contribution in [0.3, 0.4) is 0 Å². The first-order chi connectivity index (χ1) is 10.8. The number of hydrogen-bond acceptors (Lipinski definition) is 7. The van der Waals surface area contributed by atoms with Crippen molar-refractivity contribution in [3.8, 4) is 17.7 Å². The Hall–Kier alpha value is -2.01. The lowest BCUT2D eigenvalue weighted by Gasteiger charge is -2.43. The molecule has 0 aliphatic carbocycles. The molecule has 0 spiro atoms. The van der Waals surface area contributed by atoms with Gasteiger partial charge in [0.05, 0.1) is 0 Å². The largest absolute Gasteiger partial charge is 0.487 e. The SMILES string of the molecule is CO[C@H]1O[C@@H]2COc3ccccc3O[C@@H]2[C@H](NC#N)[C@@H]1OC. The van der Waals surface area contributed by atoms with Gasteiger partial charge in [0, 0.05) is 14.2 Å². The van der Waals surface area contributed by atoms with Crippen LogP contribution in [0.2, 0.25) is 0 Å². The highest BCUT2D eigenvalue weighted by atomic mass is 16.7. The van der Waals surface area contributed by atoms with Crippen LogP contribution in [0.15, 0.2) is 24.3 Å². The maximum absolute atomic E-state index is 9.06. The molecule has 7 nitrogen and oxygen atoms in total. The smallest absolute Gasteiger partial charge is 0.186 e. The number of hydrogen-bond donors (Lipinski definition) is 1. The molecule has 2 aliphatic heterocycles. The maximum Gasteiger partial charge on any atom is 0.186 e. The lowest BCUT2D eigenvalue weighted by Crippen LogP contribution is -2.65. The summed E-state index contributed by atoms with van der Waals surface area (Å²) in [5.41, 5.74) is 0. The minimum Gasteiger partial charge on any atom is -0.487 e. The fourth-order valence-electron chi connectivity index (χ4n) is 2.87. The molecule has 0 saturated carbocycles. The Morgan fingerprint density at radius 3 is 2.68 bits per heavy atom. The van der Waals surface area contributed by atoms with Gasteiger partial charge >= 0.3 is 0 Å². The molecule has 1 saturated heterocycles. The van der Waals surface area contributed by atoms with Crippen molar-refractivity contribution in [2.24, 2.45) is 0 Å². The second kappa shape index (κ2) is 6.40. The Bertz CT molecular complexity index is 561. The highest BCUT2D eigenvalue weighted by Gasteiger charge is 2.49. The predicted octanol–water partition coefficient (Wildman–Crippen LogP) is 0.652. The first-order valence-corrected chi connectivity index (χ1v) is 7.02. The van der Waals surface area contributed by atoms with E-state index in [1.165, 1.54) is 7.11 Å². The molecule has 2 heterocycles. The Labute approximate surface area is 128 Å². The molecule has 1 fully saturated rings. The number of para-hydroxylation sites is 2. The molecule has 0 bridgehead atoms. The Balaban J connectivity index is 1.92. The number of ether oxygens (including phenoxy) is 5. The first-order valence-electron chi connectivity index (χ1n) is 7.02. The van der Waals surface area contributed by atoms with Crippen LogP contribution in [-0.2, 0) is 14.2 Å². The van der Waals surface area contributed by atoms with Crippen molar-refractivity contribution < 1.29 is 23.7 Å². The summed E-state index contributed by atoms with van der Waals surface area (Å²) < 4.78 is 28.5. The van der Waals surface area contributed by atoms with Crippen LogP contribution in [0.4, 0.5) is 0 Å². The van der Waals surface area contributed by atoms with Gasteiger partial charge in [0.1, 0.15) is 24.9 Å². The Morgan fingerprint density at radius 2 is 2.00 bits per heavy atom. The molecular weight excluding hydrogens is 288 g/mol. The van der Waals surface area contributed by atoms with Crippen molar-refractivity contribution in [3.63, 3.8) is 0 Å². The quantitative estimate of drug-likeness (QED) is 0.648. The molecule has 5 atom stereocenters. The minimum absolute atomic E-state index is 0.307. The van der Waals surface area contributed by atoms with E-state index in [1.54, 1.807) is 7.11 Å². The summed E-state index contributed by atoms with van der Waals surface area (Å²) >= 11 is 0. The topological polar surface area (TPSA) is 82.0 Å². The molecule has 0 unspecified atom stereocenters. The second-order valence-electron chi connectivity index (χ2n) is 5.10. The number of benzene rings is 1. The summed E-state index contributed by atoms with van der Waals surface area (Å²) in [6.45, 7) is 0.307. The Kier molecular flexibility index (Phi) is 4.34. The molecule has 1 aromatic rings. The van der Waals surface area contributed by atoms with Gasteiger partial charge in [-0.25, -0.2) is 0 Å². The third-order valence-electron chi connectivity index (χ3n) is 3.90. The van der Waals surface area contributed by atoms with Crippen molar-refractivity contribution in [2.45, 2.75) is 30.6 Å². The fraction of sp³-hybridized carbons (Fsp3) is 0.533. The summed E-state index contributed by atoms with van der Waals surface area (Å²) in [4.78, 5) is 0. The van der Waals surface area contributed by atoms with Gasteiger partial charge in [0.25, 0.3) is 0 Å². The van der Waals surface area contributed by atoms with E-state index < -0.39 is 24.5 Å². The van der Waals surface area contributed by atoms with Crippen molar-refractivity contribution in [1.29, 1.82) is 5.26 Å². The van der Waals surface area contributed by atoms with Crippen LogP contribution in [-0.4, -0.2) is 51.5 Å². The maximum atomic E-state index is 9.06. The molecule has 118 valence electrons. The molecule has 0 radical (unpaired) electrons. The van der Waals surface area contributed by atoms with Crippen LogP contribution >= 0.6 is 0 Å². The van der Waals surface area contributed by atoms with Crippen LogP contribution < -0.4 is 14.8 Å². The predicted molar refractivity (Wildman–Crippen MR) is 75.4 cm³/mol. The van der Waals surface area contributed by atoms with Gasteiger partial charge in [-0.3, -0.25) is 0 Å². The monoisotopic (exact) mass is 306 g/mol. The normalized spacial score (nSPS) is 33.2. The number of nitriles is 1. The van der Waals surface area contributed by atoms with E-state index in [0.717, 1.165) is 0 Å². The number of nitrogens with zero attached hydrogens (tertiary/aromatic N) is 1. The van der Waals surface area contributed by atoms with Crippen LogP contribution in [0.5, 0.6) is 11.5 Å². The number of rotatable bonds is 3. The average molecular weight is 306 g/mol. The van der Waals surface area contributed by atoms with Gasteiger partial charge in [-0.1, -0.05) is 12.1 Å². The zero-order valence-electron chi connectivity index (χ0n) is 12.4. The summed E-state index contributed by atoms with van der Waals surface area (Å²) in [5, 5.41) is 11.8. The number of nitrogens with one attached hydrogen (secondary N) is 1.